The highest BCUT2D eigenvalue weighted by atomic mass is 32.2. The van der Waals surface area contributed by atoms with E-state index in [1.54, 1.807) is 4.90 Å². The average molecular weight is 322 g/mol. The van der Waals surface area contributed by atoms with Crippen LogP contribution in [0.4, 0.5) is 0 Å². The van der Waals surface area contributed by atoms with Gasteiger partial charge in [0.2, 0.25) is 15.9 Å². The lowest BCUT2D eigenvalue weighted by Gasteiger charge is -2.33. The van der Waals surface area contributed by atoms with Crippen molar-refractivity contribution in [2.45, 2.75) is 30.7 Å². The first-order valence-electron chi connectivity index (χ1n) is 7.30. The fraction of sp³-hybridized carbons (Fsp3) is 0.467. The Balaban J connectivity index is 1.78. The van der Waals surface area contributed by atoms with Crippen molar-refractivity contribution < 1.29 is 18.0 Å². The van der Waals surface area contributed by atoms with Crippen molar-refractivity contribution in [2.75, 3.05) is 19.6 Å². The monoisotopic (exact) mass is 322 g/mol. The molecule has 2 aliphatic rings. The van der Waals surface area contributed by atoms with Crippen LogP contribution < -0.4 is 0 Å². The standard InChI is InChI=1S/C15H18N2O4S/c1-11(18)12-2-6-14(7-3-12)22(20,21)16-8-9-17(13-4-5-13)15(19)10-16/h2-3,6-7,13H,4-5,8-10H2,1H3. The zero-order valence-electron chi connectivity index (χ0n) is 12.4. The highest BCUT2D eigenvalue weighted by Gasteiger charge is 2.39. The molecule has 1 aromatic rings. The van der Waals surface area contributed by atoms with Crippen LogP contribution in [-0.2, 0) is 14.8 Å². The minimum absolute atomic E-state index is 0.104. The maximum absolute atomic E-state index is 12.6. The van der Waals surface area contributed by atoms with E-state index in [0.29, 0.717) is 24.7 Å². The van der Waals surface area contributed by atoms with E-state index in [1.807, 2.05) is 0 Å². The molecule has 1 saturated carbocycles. The molecule has 118 valence electrons. The number of piperazine rings is 1. The quantitative estimate of drug-likeness (QED) is 0.772. The minimum atomic E-state index is -3.69. The van der Waals surface area contributed by atoms with Crippen LogP contribution in [-0.4, -0.2) is 55.0 Å². The third-order valence-corrected chi connectivity index (χ3v) is 5.97. The molecule has 6 nitrogen and oxygen atoms in total. The number of hydrogen-bond acceptors (Lipinski definition) is 4. The zero-order chi connectivity index (χ0) is 15.9. The van der Waals surface area contributed by atoms with Gasteiger partial charge in [0.1, 0.15) is 0 Å². The van der Waals surface area contributed by atoms with Gasteiger partial charge < -0.3 is 4.90 Å². The number of benzene rings is 1. The van der Waals surface area contributed by atoms with Crippen molar-refractivity contribution in [1.29, 1.82) is 0 Å². The molecule has 1 aliphatic heterocycles. The van der Waals surface area contributed by atoms with E-state index in [0.717, 1.165) is 12.8 Å². The van der Waals surface area contributed by atoms with E-state index in [1.165, 1.54) is 35.5 Å². The van der Waals surface area contributed by atoms with E-state index in [4.69, 9.17) is 0 Å². The Hall–Kier alpha value is -1.73. The third-order valence-electron chi connectivity index (χ3n) is 4.11. The van der Waals surface area contributed by atoms with Gasteiger partial charge in [-0.3, -0.25) is 9.59 Å². The summed E-state index contributed by atoms with van der Waals surface area (Å²) in [6.45, 7) is 2.10. The number of Topliss-reactive ketones (excluding diaryl/α,β-unsaturated/α-hetero) is 1. The number of nitrogens with zero attached hydrogens (tertiary/aromatic N) is 2. The van der Waals surface area contributed by atoms with Crippen LogP contribution in [0.5, 0.6) is 0 Å². The van der Waals surface area contributed by atoms with Gasteiger partial charge in [-0.1, -0.05) is 12.1 Å². The third kappa shape index (κ3) is 2.78. The van der Waals surface area contributed by atoms with Gasteiger partial charge in [-0.2, -0.15) is 4.31 Å². The Morgan fingerprint density at radius 3 is 2.27 bits per heavy atom. The topological polar surface area (TPSA) is 74.8 Å². The summed E-state index contributed by atoms with van der Waals surface area (Å²) in [6.07, 6.45) is 2.04. The summed E-state index contributed by atoms with van der Waals surface area (Å²) in [5.74, 6) is -0.241. The van der Waals surface area contributed by atoms with Crippen molar-refractivity contribution in [3.8, 4) is 0 Å². The smallest absolute Gasteiger partial charge is 0.243 e. The predicted molar refractivity (Wildman–Crippen MR) is 79.9 cm³/mol. The van der Waals surface area contributed by atoms with E-state index in [-0.39, 0.29) is 23.1 Å². The van der Waals surface area contributed by atoms with Crippen LogP contribution in [0.15, 0.2) is 29.2 Å². The molecule has 3 rings (SSSR count). The Labute approximate surface area is 129 Å². The highest BCUT2D eigenvalue weighted by molar-refractivity contribution is 7.89. The molecule has 0 unspecified atom stereocenters. The fourth-order valence-corrected chi connectivity index (χ4v) is 4.03. The maximum Gasteiger partial charge on any atom is 0.243 e. The van der Waals surface area contributed by atoms with Gasteiger partial charge >= 0.3 is 0 Å². The molecular weight excluding hydrogens is 304 g/mol. The molecule has 1 heterocycles. The zero-order valence-corrected chi connectivity index (χ0v) is 13.2. The Morgan fingerprint density at radius 2 is 1.77 bits per heavy atom. The number of ketones is 1. The van der Waals surface area contributed by atoms with Gasteiger partial charge in [0, 0.05) is 24.7 Å². The van der Waals surface area contributed by atoms with E-state index in [2.05, 4.69) is 0 Å². The minimum Gasteiger partial charge on any atom is -0.337 e. The van der Waals surface area contributed by atoms with Crippen LogP contribution in [0.3, 0.4) is 0 Å². The lowest BCUT2D eigenvalue weighted by Crippen LogP contribution is -2.52. The van der Waals surface area contributed by atoms with Gasteiger partial charge in [0.25, 0.3) is 0 Å². The van der Waals surface area contributed by atoms with E-state index < -0.39 is 10.0 Å². The molecule has 0 spiro atoms. The van der Waals surface area contributed by atoms with Crippen LogP contribution in [0.1, 0.15) is 30.1 Å². The molecule has 1 amide bonds. The molecule has 0 N–H and O–H groups in total. The summed E-state index contributed by atoms with van der Waals surface area (Å²) in [6, 6.07) is 6.15. The highest BCUT2D eigenvalue weighted by Crippen LogP contribution is 2.29. The predicted octanol–water partition coefficient (Wildman–Crippen LogP) is 0.884. The summed E-state index contributed by atoms with van der Waals surface area (Å²) in [5.41, 5.74) is 0.466. The second-order valence-electron chi connectivity index (χ2n) is 5.74. The lowest BCUT2D eigenvalue weighted by atomic mass is 10.2. The van der Waals surface area contributed by atoms with Crippen LogP contribution in [0.25, 0.3) is 0 Å². The SMILES string of the molecule is CC(=O)c1ccc(S(=O)(=O)N2CCN(C3CC3)C(=O)C2)cc1. The first-order valence-corrected chi connectivity index (χ1v) is 8.74. The summed E-state index contributed by atoms with van der Waals surface area (Å²) in [5, 5.41) is 0. The molecule has 0 radical (unpaired) electrons. The van der Waals surface area contributed by atoms with Crippen molar-refractivity contribution in [2.24, 2.45) is 0 Å². The molecule has 1 saturated heterocycles. The summed E-state index contributed by atoms with van der Waals surface area (Å²) in [4.78, 5) is 25.2. The summed E-state index contributed by atoms with van der Waals surface area (Å²) in [7, 11) is -3.69. The molecule has 0 bridgehead atoms. The van der Waals surface area contributed by atoms with Crippen molar-refractivity contribution >= 4 is 21.7 Å². The van der Waals surface area contributed by atoms with Gasteiger partial charge in [-0.15, -0.1) is 0 Å². The number of carbonyl (C=O) groups excluding carboxylic acids is 2. The average Bonchev–Trinajstić information content (AvgIpc) is 3.31. The maximum atomic E-state index is 12.6. The molecule has 22 heavy (non-hydrogen) atoms. The molecular formula is C15H18N2O4S. The number of sulfonamides is 1. The first-order chi connectivity index (χ1) is 10.4. The largest absolute Gasteiger partial charge is 0.337 e. The van der Waals surface area contributed by atoms with Gasteiger partial charge in [-0.05, 0) is 31.9 Å². The van der Waals surface area contributed by atoms with Crippen molar-refractivity contribution in [3.63, 3.8) is 0 Å². The lowest BCUT2D eigenvalue weighted by molar-refractivity contribution is -0.134. The summed E-state index contributed by atoms with van der Waals surface area (Å²) >= 11 is 0. The molecule has 0 aromatic heterocycles. The fourth-order valence-electron chi connectivity index (χ4n) is 2.65. The van der Waals surface area contributed by atoms with Crippen molar-refractivity contribution in [3.05, 3.63) is 29.8 Å². The molecule has 1 aliphatic carbocycles. The summed E-state index contributed by atoms with van der Waals surface area (Å²) < 4.78 is 26.4. The van der Waals surface area contributed by atoms with Crippen molar-refractivity contribution in [1.82, 2.24) is 9.21 Å². The van der Waals surface area contributed by atoms with E-state index in [9.17, 15) is 18.0 Å². The van der Waals surface area contributed by atoms with Gasteiger partial charge in [0.05, 0.1) is 11.4 Å². The second-order valence-corrected chi connectivity index (χ2v) is 7.68. The van der Waals surface area contributed by atoms with Crippen LogP contribution in [0, 0.1) is 0 Å². The second kappa shape index (κ2) is 5.48. The Kier molecular flexibility index (Phi) is 3.78. The number of carbonyl (C=O) groups is 2. The van der Waals surface area contributed by atoms with Gasteiger partial charge in [-0.25, -0.2) is 8.42 Å². The Bertz CT molecular complexity index is 708. The van der Waals surface area contributed by atoms with Crippen LogP contribution in [0.2, 0.25) is 0 Å². The number of rotatable bonds is 4. The molecule has 7 heteroatoms. The first kappa shape index (κ1) is 15.2. The molecule has 1 aromatic carbocycles. The van der Waals surface area contributed by atoms with E-state index >= 15 is 0 Å². The number of amides is 1. The molecule has 0 atom stereocenters. The van der Waals surface area contributed by atoms with Gasteiger partial charge in [0.15, 0.2) is 5.78 Å². The normalized spacial score (nSPS) is 20.2. The number of hydrogen-bond donors (Lipinski definition) is 0. The molecule has 2 fully saturated rings. The van der Waals surface area contributed by atoms with Crippen LogP contribution >= 0.6 is 0 Å². The Morgan fingerprint density at radius 1 is 1.14 bits per heavy atom.